The average Bonchev–Trinajstić information content (AvgIpc) is 3.49. The highest BCUT2D eigenvalue weighted by molar-refractivity contribution is 9.10. The summed E-state index contributed by atoms with van der Waals surface area (Å²) in [7, 11) is 0. The molecule has 1 aliphatic heterocycles. The van der Waals surface area contributed by atoms with E-state index in [0.29, 0.717) is 30.9 Å². The molecule has 0 aromatic heterocycles. The average molecular weight is 761 g/mol. The molecule has 50 heavy (non-hydrogen) atoms. The van der Waals surface area contributed by atoms with Gasteiger partial charge in [-0.1, -0.05) is 76.2 Å². The minimum atomic E-state index is -1.53. The first kappa shape index (κ1) is 37.1. The number of aliphatic imine (C=N–C) groups is 1. The van der Waals surface area contributed by atoms with Crippen LogP contribution in [0.3, 0.4) is 0 Å². The summed E-state index contributed by atoms with van der Waals surface area (Å²) in [6.07, 6.45) is -0.363. The highest BCUT2D eigenvalue weighted by Crippen LogP contribution is 2.43. The van der Waals surface area contributed by atoms with Crippen molar-refractivity contribution in [2.45, 2.75) is 73.6 Å². The number of hydrogen-bond acceptors (Lipinski definition) is 9. The van der Waals surface area contributed by atoms with Crippen LogP contribution < -0.4 is 15.6 Å². The number of aliphatic hydroxyl groups is 1. The van der Waals surface area contributed by atoms with Gasteiger partial charge in [0.25, 0.3) is 5.91 Å². The molecule has 0 fully saturated rings. The smallest absolute Gasteiger partial charge is 0.306 e. The van der Waals surface area contributed by atoms with Gasteiger partial charge in [0.15, 0.2) is 11.6 Å². The molecule has 1 heterocycles. The molecule has 5 rings (SSSR count). The number of carbonyl (C=O) groups is 2. The Morgan fingerprint density at radius 3 is 2.36 bits per heavy atom. The molecule has 2 atom stereocenters. The Balaban J connectivity index is 1.44. The highest BCUT2D eigenvalue weighted by Gasteiger charge is 2.53. The van der Waals surface area contributed by atoms with E-state index in [1.807, 2.05) is 99.6 Å². The van der Waals surface area contributed by atoms with Crippen LogP contribution in [0.5, 0.6) is 5.75 Å². The second kappa shape index (κ2) is 17.2. The summed E-state index contributed by atoms with van der Waals surface area (Å²) in [5, 5.41) is 9.09. The first-order valence-electron chi connectivity index (χ1n) is 16.5. The van der Waals surface area contributed by atoms with Gasteiger partial charge < -0.3 is 19.3 Å². The number of benzene rings is 4. The number of aliphatic hydroxyl groups excluding tert-OH is 1. The maximum Gasteiger partial charge on any atom is 0.306 e. The fraction of sp³-hybridized carbons (Fsp3) is 0.308. The van der Waals surface area contributed by atoms with Crippen molar-refractivity contribution in [3.63, 3.8) is 0 Å². The summed E-state index contributed by atoms with van der Waals surface area (Å²) in [6, 6.07) is 32.8. The summed E-state index contributed by atoms with van der Waals surface area (Å²) in [5.74, 6) is 0.0195. The number of esters is 1. The highest BCUT2D eigenvalue weighted by atomic mass is 79.9. The molecule has 0 saturated carbocycles. The standard InChI is InChI=1S/C39H42BrN3O6S/c1-38(2,3)49-34(45)22-23-39(37(46)43-41-26-29-10-7-8-13-33(29)50-32-11-5-4-6-12-32)35(27-14-18-30(40)19-15-27)48-36(42-39)28-16-20-31(21-17-28)47-25-9-24-44/h4-8,10-21,35,41,44H,9,22-26H2,1-3H3,(H,43,46)/t35-,39-/m0/s1. The zero-order chi connectivity index (χ0) is 35.6. The summed E-state index contributed by atoms with van der Waals surface area (Å²) < 4.78 is 18.8. The van der Waals surface area contributed by atoms with Crippen molar-refractivity contribution in [3.05, 3.63) is 124 Å². The molecule has 4 aromatic carbocycles. The van der Waals surface area contributed by atoms with Crippen molar-refractivity contribution >= 4 is 45.5 Å². The van der Waals surface area contributed by atoms with E-state index in [9.17, 15) is 9.59 Å². The molecule has 0 spiro atoms. The van der Waals surface area contributed by atoms with Gasteiger partial charge in [-0.05, 0) is 92.9 Å². The van der Waals surface area contributed by atoms with E-state index >= 15 is 0 Å². The van der Waals surface area contributed by atoms with Crippen molar-refractivity contribution in [2.75, 3.05) is 13.2 Å². The molecular weight excluding hydrogens is 718 g/mol. The van der Waals surface area contributed by atoms with Crippen LogP contribution in [0.1, 0.15) is 62.8 Å². The van der Waals surface area contributed by atoms with Crippen molar-refractivity contribution in [1.29, 1.82) is 0 Å². The normalized spacial score (nSPS) is 17.1. The third kappa shape index (κ3) is 9.97. The first-order valence-corrected chi connectivity index (χ1v) is 18.1. The minimum absolute atomic E-state index is 0.0302. The number of hydrazine groups is 1. The molecule has 1 amide bonds. The van der Waals surface area contributed by atoms with Crippen LogP contribution in [0.15, 0.2) is 122 Å². The van der Waals surface area contributed by atoms with E-state index in [0.717, 1.165) is 25.4 Å². The molecule has 3 N–H and O–H groups in total. The molecule has 11 heteroatoms. The van der Waals surface area contributed by atoms with E-state index in [4.69, 9.17) is 24.3 Å². The second-order valence-electron chi connectivity index (χ2n) is 12.8. The largest absolute Gasteiger partial charge is 0.494 e. The summed E-state index contributed by atoms with van der Waals surface area (Å²) >= 11 is 5.15. The molecule has 262 valence electrons. The Kier molecular flexibility index (Phi) is 12.7. The van der Waals surface area contributed by atoms with Crippen LogP contribution in [0.25, 0.3) is 0 Å². The molecule has 0 unspecified atom stereocenters. The van der Waals surface area contributed by atoms with Crippen LogP contribution in [0, 0.1) is 0 Å². The third-order valence-electron chi connectivity index (χ3n) is 7.76. The van der Waals surface area contributed by atoms with E-state index in [1.165, 1.54) is 0 Å². The van der Waals surface area contributed by atoms with Gasteiger partial charge in [0.1, 0.15) is 11.4 Å². The van der Waals surface area contributed by atoms with Gasteiger partial charge >= 0.3 is 5.97 Å². The van der Waals surface area contributed by atoms with Gasteiger partial charge in [0, 0.05) is 45.8 Å². The monoisotopic (exact) mass is 759 g/mol. The molecular formula is C39H42BrN3O6S. The quantitative estimate of drug-likeness (QED) is 0.0646. The number of nitrogens with one attached hydrogen (secondary N) is 2. The number of halogens is 1. The lowest BCUT2D eigenvalue weighted by molar-refractivity contribution is -0.155. The van der Waals surface area contributed by atoms with Crippen molar-refractivity contribution in [1.82, 2.24) is 10.9 Å². The van der Waals surface area contributed by atoms with Crippen LogP contribution >= 0.6 is 27.7 Å². The summed E-state index contributed by atoms with van der Waals surface area (Å²) in [5.41, 5.74) is 6.19. The molecule has 1 aliphatic rings. The molecule has 4 aromatic rings. The summed E-state index contributed by atoms with van der Waals surface area (Å²) in [4.78, 5) is 34.7. The van der Waals surface area contributed by atoms with Crippen molar-refractivity contribution < 1.29 is 28.9 Å². The Bertz CT molecular complexity index is 1760. The molecule has 0 bridgehead atoms. The van der Waals surface area contributed by atoms with Gasteiger partial charge in [-0.15, -0.1) is 0 Å². The van der Waals surface area contributed by atoms with Crippen LogP contribution in [-0.4, -0.2) is 47.2 Å². The lowest BCUT2D eigenvalue weighted by Gasteiger charge is -2.31. The number of carbonyl (C=O) groups excluding carboxylic acids is 2. The van der Waals surface area contributed by atoms with Crippen LogP contribution in [-0.2, 0) is 25.6 Å². The lowest BCUT2D eigenvalue weighted by Crippen LogP contribution is -2.52. The first-order chi connectivity index (χ1) is 24.1. The topological polar surface area (TPSA) is 118 Å². The van der Waals surface area contributed by atoms with Crippen LogP contribution in [0.2, 0.25) is 0 Å². The number of amides is 1. The lowest BCUT2D eigenvalue weighted by atomic mass is 9.83. The maximum atomic E-state index is 14.5. The maximum absolute atomic E-state index is 14.5. The van der Waals surface area contributed by atoms with E-state index < -0.39 is 29.1 Å². The number of nitrogens with zero attached hydrogens (tertiary/aromatic N) is 1. The Morgan fingerprint density at radius 2 is 1.66 bits per heavy atom. The SMILES string of the molecule is CC(C)(C)OC(=O)CC[C@]1(C(=O)NNCc2ccccc2Sc2ccccc2)N=C(c2ccc(OCCCO)cc2)O[C@H]1c1ccc(Br)cc1. The fourth-order valence-electron chi connectivity index (χ4n) is 5.39. The zero-order valence-electron chi connectivity index (χ0n) is 28.4. The number of ether oxygens (including phenoxy) is 3. The second-order valence-corrected chi connectivity index (χ2v) is 14.8. The predicted octanol–water partition coefficient (Wildman–Crippen LogP) is 7.56. The van der Waals surface area contributed by atoms with Gasteiger partial charge in [0.2, 0.25) is 5.90 Å². The molecule has 0 radical (unpaired) electrons. The molecule has 0 aliphatic carbocycles. The van der Waals surface area contributed by atoms with Crippen molar-refractivity contribution in [2.24, 2.45) is 4.99 Å². The van der Waals surface area contributed by atoms with Gasteiger partial charge in [-0.3, -0.25) is 15.0 Å². The Labute approximate surface area is 305 Å². The predicted molar refractivity (Wildman–Crippen MR) is 198 cm³/mol. The van der Waals surface area contributed by atoms with E-state index in [-0.39, 0.29) is 25.3 Å². The van der Waals surface area contributed by atoms with E-state index in [1.54, 1.807) is 23.9 Å². The number of hydrogen-bond donors (Lipinski definition) is 3. The summed E-state index contributed by atoms with van der Waals surface area (Å²) in [6.45, 7) is 6.20. The molecule has 9 nitrogen and oxygen atoms in total. The minimum Gasteiger partial charge on any atom is -0.494 e. The van der Waals surface area contributed by atoms with Gasteiger partial charge in [0.05, 0.1) is 6.61 Å². The fourth-order valence-corrected chi connectivity index (χ4v) is 6.62. The Morgan fingerprint density at radius 1 is 0.960 bits per heavy atom. The molecule has 0 saturated heterocycles. The zero-order valence-corrected chi connectivity index (χ0v) is 30.8. The van der Waals surface area contributed by atoms with Crippen LogP contribution in [0.4, 0.5) is 0 Å². The van der Waals surface area contributed by atoms with Crippen molar-refractivity contribution in [3.8, 4) is 5.75 Å². The number of rotatable bonds is 15. The third-order valence-corrected chi connectivity index (χ3v) is 9.41. The Hall–Kier alpha value is -4.16. The van der Waals surface area contributed by atoms with Gasteiger partial charge in [-0.25, -0.2) is 10.4 Å². The van der Waals surface area contributed by atoms with E-state index in [2.05, 4.69) is 38.9 Å². The van der Waals surface area contributed by atoms with Gasteiger partial charge in [-0.2, -0.15) is 0 Å².